The van der Waals surface area contributed by atoms with E-state index in [0.717, 1.165) is 11.7 Å². The molecule has 98 valence electrons. The van der Waals surface area contributed by atoms with Gasteiger partial charge in [-0.15, -0.1) is 0 Å². The second-order valence-electron chi connectivity index (χ2n) is 4.45. The van der Waals surface area contributed by atoms with Gasteiger partial charge >= 0.3 is 0 Å². The number of nitrogens with two attached hydrogens (primary N) is 1. The molecule has 5 nitrogen and oxygen atoms in total. The molecular weight excluding hydrogens is 304 g/mol. The van der Waals surface area contributed by atoms with Gasteiger partial charge in [0.15, 0.2) is 0 Å². The quantitative estimate of drug-likeness (QED) is 0.850. The fraction of sp³-hybridized carbons (Fsp3) is 0.273. The van der Waals surface area contributed by atoms with E-state index in [1.54, 1.807) is 12.1 Å². The molecule has 1 aliphatic rings. The number of fused-ring (bicyclic) bond motifs is 1. The van der Waals surface area contributed by atoms with E-state index < -0.39 is 5.41 Å². The first-order valence-electron chi connectivity index (χ1n) is 5.57. The first-order chi connectivity index (χ1) is 9.04. The molecule has 0 atom stereocenters. The number of anilines is 1. The molecule has 3 N–H and O–H groups in total. The monoisotopic (exact) mass is 312 g/mol. The van der Waals surface area contributed by atoms with E-state index in [4.69, 9.17) is 29.6 Å². The molecular formula is C11H9ClN4OS2. The minimum atomic E-state index is -0.718. The number of carbonyl (C=O) groups is 1. The molecule has 0 spiro atoms. The van der Waals surface area contributed by atoms with Crippen LogP contribution in [0.25, 0.3) is 11.0 Å². The summed E-state index contributed by atoms with van der Waals surface area (Å²) in [5, 5.41) is 3.21. The van der Waals surface area contributed by atoms with Crippen LogP contribution in [-0.4, -0.2) is 19.6 Å². The van der Waals surface area contributed by atoms with Crippen molar-refractivity contribution in [2.24, 2.45) is 11.1 Å². The van der Waals surface area contributed by atoms with E-state index in [0.29, 0.717) is 34.6 Å². The molecule has 1 aliphatic carbocycles. The molecule has 8 heteroatoms. The topological polar surface area (TPSA) is 80.9 Å². The van der Waals surface area contributed by atoms with E-state index >= 15 is 0 Å². The first-order valence-corrected chi connectivity index (χ1v) is 7.08. The highest BCUT2D eigenvalue weighted by atomic mass is 35.5. The number of carbonyl (C=O) groups excluding carboxylic acids is 1. The molecule has 1 amide bonds. The average Bonchev–Trinajstić information content (AvgIpc) is 3.06. The third kappa shape index (κ3) is 1.98. The van der Waals surface area contributed by atoms with Crippen LogP contribution in [0.5, 0.6) is 0 Å². The van der Waals surface area contributed by atoms with Gasteiger partial charge in [-0.25, -0.2) is 0 Å². The summed E-state index contributed by atoms with van der Waals surface area (Å²) in [6, 6.07) is 3.44. The molecule has 0 saturated heterocycles. The standard InChI is InChI=1S/C11H9ClN4OS2/c12-5-1-2-6-8(16-19-15-6)7(5)14-10(17)11(3-4-11)9(13)18/h1-2H,3-4H2,(H2,13,18)(H,14,17). The molecule has 2 aromatic rings. The predicted molar refractivity (Wildman–Crippen MR) is 79.5 cm³/mol. The molecule has 0 unspecified atom stereocenters. The maximum absolute atomic E-state index is 12.3. The van der Waals surface area contributed by atoms with Crippen LogP contribution in [0, 0.1) is 5.41 Å². The minimum Gasteiger partial charge on any atom is -0.392 e. The third-order valence-corrected chi connectivity index (χ3v) is 4.52. The van der Waals surface area contributed by atoms with Gasteiger partial charge in [0.05, 0.1) is 32.8 Å². The van der Waals surface area contributed by atoms with Crippen LogP contribution < -0.4 is 11.1 Å². The average molecular weight is 313 g/mol. The summed E-state index contributed by atoms with van der Waals surface area (Å²) in [6.45, 7) is 0. The van der Waals surface area contributed by atoms with Crippen molar-refractivity contribution < 1.29 is 4.79 Å². The highest BCUT2D eigenvalue weighted by Gasteiger charge is 2.52. The molecule has 3 rings (SSSR count). The Kier molecular flexibility index (Phi) is 2.92. The van der Waals surface area contributed by atoms with Crippen LogP contribution in [0.3, 0.4) is 0 Å². The van der Waals surface area contributed by atoms with Crippen molar-refractivity contribution in [3.63, 3.8) is 0 Å². The maximum Gasteiger partial charge on any atom is 0.237 e. The molecule has 1 heterocycles. The maximum atomic E-state index is 12.3. The van der Waals surface area contributed by atoms with E-state index in [2.05, 4.69) is 14.1 Å². The van der Waals surface area contributed by atoms with Gasteiger partial charge in [-0.2, -0.15) is 8.75 Å². The molecule has 0 aliphatic heterocycles. The van der Waals surface area contributed by atoms with Crippen molar-refractivity contribution in [1.29, 1.82) is 0 Å². The largest absolute Gasteiger partial charge is 0.392 e. The Bertz CT molecular complexity index is 695. The third-order valence-electron chi connectivity index (χ3n) is 3.27. The number of halogens is 1. The van der Waals surface area contributed by atoms with Gasteiger partial charge in [0.2, 0.25) is 5.91 Å². The fourth-order valence-electron chi connectivity index (χ4n) is 1.89. The SMILES string of the molecule is NC(=S)C1(C(=O)Nc2c(Cl)ccc3nsnc23)CC1. The minimum absolute atomic E-state index is 0.220. The van der Waals surface area contributed by atoms with Crippen LogP contribution in [0.15, 0.2) is 12.1 Å². The number of benzene rings is 1. The van der Waals surface area contributed by atoms with Gasteiger partial charge < -0.3 is 11.1 Å². The molecule has 1 saturated carbocycles. The van der Waals surface area contributed by atoms with Gasteiger partial charge in [0.25, 0.3) is 0 Å². The van der Waals surface area contributed by atoms with Crippen molar-refractivity contribution in [1.82, 2.24) is 8.75 Å². The van der Waals surface area contributed by atoms with E-state index in [9.17, 15) is 4.79 Å². The highest BCUT2D eigenvalue weighted by molar-refractivity contribution is 7.80. The van der Waals surface area contributed by atoms with Crippen LogP contribution in [0.2, 0.25) is 5.02 Å². The normalized spacial score (nSPS) is 16.3. The Morgan fingerprint density at radius 2 is 2.21 bits per heavy atom. The van der Waals surface area contributed by atoms with Gasteiger partial charge in [-0.05, 0) is 25.0 Å². The highest BCUT2D eigenvalue weighted by Crippen LogP contribution is 2.47. The number of hydrogen-bond acceptors (Lipinski definition) is 5. The summed E-state index contributed by atoms with van der Waals surface area (Å²) in [7, 11) is 0. The number of aromatic nitrogens is 2. The predicted octanol–water partition coefficient (Wildman–Crippen LogP) is 2.35. The van der Waals surface area contributed by atoms with Crippen LogP contribution in [-0.2, 0) is 4.79 Å². The lowest BCUT2D eigenvalue weighted by Crippen LogP contribution is -2.35. The molecule has 0 bridgehead atoms. The molecule has 19 heavy (non-hydrogen) atoms. The molecule has 1 fully saturated rings. The Balaban J connectivity index is 1.98. The lowest BCUT2D eigenvalue weighted by molar-refractivity contribution is -0.118. The summed E-state index contributed by atoms with van der Waals surface area (Å²) < 4.78 is 8.26. The Morgan fingerprint density at radius 1 is 1.47 bits per heavy atom. The van der Waals surface area contributed by atoms with Gasteiger partial charge in [-0.1, -0.05) is 23.8 Å². The number of thiocarbonyl (C=S) groups is 1. The fourth-order valence-corrected chi connectivity index (χ4v) is 2.93. The van der Waals surface area contributed by atoms with Crippen molar-refractivity contribution in [3.8, 4) is 0 Å². The zero-order chi connectivity index (χ0) is 13.6. The second kappa shape index (κ2) is 4.36. The number of nitrogens with zero attached hydrogens (tertiary/aromatic N) is 2. The number of amides is 1. The van der Waals surface area contributed by atoms with Crippen molar-refractivity contribution in [2.45, 2.75) is 12.8 Å². The summed E-state index contributed by atoms with van der Waals surface area (Å²) in [4.78, 5) is 12.5. The van der Waals surface area contributed by atoms with Crippen molar-refractivity contribution in [3.05, 3.63) is 17.2 Å². The number of hydrogen-bond donors (Lipinski definition) is 2. The van der Waals surface area contributed by atoms with Gasteiger partial charge in [0, 0.05) is 0 Å². The summed E-state index contributed by atoms with van der Waals surface area (Å²) in [6.07, 6.45) is 1.36. The zero-order valence-electron chi connectivity index (χ0n) is 9.64. The Labute approximate surface area is 123 Å². The summed E-state index contributed by atoms with van der Waals surface area (Å²) in [5.41, 5.74) is 6.67. The molecule has 0 radical (unpaired) electrons. The smallest absolute Gasteiger partial charge is 0.237 e. The number of rotatable bonds is 3. The first kappa shape index (κ1) is 12.7. The molecule has 1 aromatic heterocycles. The number of nitrogens with one attached hydrogen (secondary N) is 1. The van der Waals surface area contributed by atoms with Crippen molar-refractivity contribution in [2.75, 3.05) is 5.32 Å². The summed E-state index contributed by atoms with van der Waals surface area (Å²) in [5.74, 6) is -0.220. The van der Waals surface area contributed by atoms with E-state index in [1.165, 1.54) is 0 Å². The van der Waals surface area contributed by atoms with Gasteiger partial charge in [-0.3, -0.25) is 4.79 Å². The van der Waals surface area contributed by atoms with Gasteiger partial charge in [0.1, 0.15) is 11.0 Å². The summed E-state index contributed by atoms with van der Waals surface area (Å²) >= 11 is 12.1. The van der Waals surface area contributed by atoms with Crippen LogP contribution in [0.4, 0.5) is 5.69 Å². The van der Waals surface area contributed by atoms with Crippen LogP contribution >= 0.6 is 35.5 Å². The lowest BCUT2D eigenvalue weighted by Gasteiger charge is -2.14. The van der Waals surface area contributed by atoms with E-state index in [1.807, 2.05) is 0 Å². The van der Waals surface area contributed by atoms with E-state index in [-0.39, 0.29) is 10.9 Å². The van der Waals surface area contributed by atoms with Crippen LogP contribution in [0.1, 0.15) is 12.8 Å². The zero-order valence-corrected chi connectivity index (χ0v) is 12.0. The molecule has 1 aromatic carbocycles. The Hall–Kier alpha value is -1.31. The van der Waals surface area contributed by atoms with Crippen molar-refractivity contribution >= 4 is 63.2 Å². The lowest BCUT2D eigenvalue weighted by atomic mass is 10.1. The Morgan fingerprint density at radius 3 is 2.84 bits per heavy atom. The second-order valence-corrected chi connectivity index (χ2v) is 5.83.